The zero-order chi connectivity index (χ0) is 18.5. The van der Waals surface area contributed by atoms with Crippen LogP contribution in [0.15, 0.2) is 11.3 Å². The first-order valence-electron chi connectivity index (χ1n) is 7.65. The molecule has 0 amide bonds. The molecule has 0 bridgehead atoms. The lowest BCUT2D eigenvalue weighted by Crippen LogP contribution is -2.37. The van der Waals surface area contributed by atoms with Crippen molar-refractivity contribution in [2.75, 3.05) is 6.61 Å². The van der Waals surface area contributed by atoms with Gasteiger partial charge in [-0.1, -0.05) is 6.92 Å². The SMILES string of the molecule is CCOC(=O)C1=C(OC(CC(F)(F)F)C(C)C(F)(F)F)CCCC1. The molecule has 0 saturated carbocycles. The Morgan fingerprint density at radius 2 is 1.71 bits per heavy atom. The summed E-state index contributed by atoms with van der Waals surface area (Å²) >= 11 is 0. The van der Waals surface area contributed by atoms with Crippen LogP contribution in [-0.4, -0.2) is 31.0 Å². The van der Waals surface area contributed by atoms with Crippen LogP contribution in [0.1, 0.15) is 46.0 Å². The van der Waals surface area contributed by atoms with Crippen LogP contribution in [0.25, 0.3) is 0 Å². The molecule has 1 aliphatic carbocycles. The Morgan fingerprint density at radius 1 is 1.12 bits per heavy atom. The van der Waals surface area contributed by atoms with Gasteiger partial charge in [0.1, 0.15) is 11.9 Å². The second kappa shape index (κ2) is 8.11. The minimum Gasteiger partial charge on any atom is -0.493 e. The Bertz CT molecular complexity index is 467. The first kappa shape index (κ1) is 20.6. The van der Waals surface area contributed by atoms with E-state index in [2.05, 4.69) is 0 Å². The molecule has 0 aromatic rings. The fourth-order valence-corrected chi connectivity index (χ4v) is 2.38. The Balaban J connectivity index is 3.07. The molecule has 9 heteroatoms. The first-order valence-corrected chi connectivity index (χ1v) is 7.65. The highest BCUT2D eigenvalue weighted by Crippen LogP contribution is 2.38. The molecular formula is C15H20F6O3. The van der Waals surface area contributed by atoms with Gasteiger partial charge in [-0.15, -0.1) is 0 Å². The minimum atomic E-state index is -4.84. The summed E-state index contributed by atoms with van der Waals surface area (Å²) in [7, 11) is 0. The summed E-state index contributed by atoms with van der Waals surface area (Å²) in [5, 5.41) is 0. The Hall–Kier alpha value is -1.41. The number of ether oxygens (including phenoxy) is 2. The van der Waals surface area contributed by atoms with Gasteiger partial charge >= 0.3 is 18.3 Å². The molecule has 0 spiro atoms. The van der Waals surface area contributed by atoms with Crippen molar-refractivity contribution < 1.29 is 40.6 Å². The highest BCUT2D eigenvalue weighted by Gasteiger charge is 2.47. The maximum Gasteiger partial charge on any atom is 0.395 e. The Morgan fingerprint density at radius 3 is 2.21 bits per heavy atom. The molecule has 0 saturated heterocycles. The maximum absolute atomic E-state index is 12.9. The lowest BCUT2D eigenvalue weighted by Gasteiger charge is -2.30. The van der Waals surface area contributed by atoms with Gasteiger partial charge in [0.25, 0.3) is 0 Å². The predicted molar refractivity (Wildman–Crippen MR) is 72.9 cm³/mol. The van der Waals surface area contributed by atoms with E-state index in [4.69, 9.17) is 9.47 Å². The van der Waals surface area contributed by atoms with Crippen LogP contribution in [0, 0.1) is 5.92 Å². The molecule has 1 aliphatic rings. The van der Waals surface area contributed by atoms with Gasteiger partial charge in [-0.2, -0.15) is 26.3 Å². The molecule has 2 atom stereocenters. The van der Waals surface area contributed by atoms with Crippen molar-refractivity contribution >= 4 is 5.97 Å². The van der Waals surface area contributed by atoms with E-state index in [1.807, 2.05) is 0 Å². The van der Waals surface area contributed by atoms with Crippen molar-refractivity contribution in [3.05, 3.63) is 11.3 Å². The van der Waals surface area contributed by atoms with E-state index in [1.165, 1.54) is 0 Å². The van der Waals surface area contributed by atoms with Crippen molar-refractivity contribution in [2.45, 2.75) is 64.4 Å². The number of allylic oxidation sites excluding steroid dienone is 1. The summed E-state index contributed by atoms with van der Waals surface area (Å²) in [6.07, 6.45) is -12.1. The molecule has 3 nitrogen and oxygen atoms in total. The Kier molecular flexibility index (Phi) is 6.97. The van der Waals surface area contributed by atoms with E-state index in [0.717, 1.165) is 0 Å². The quantitative estimate of drug-likeness (QED) is 0.497. The number of hydrogen-bond acceptors (Lipinski definition) is 3. The summed E-state index contributed by atoms with van der Waals surface area (Å²) in [6, 6.07) is 0. The van der Waals surface area contributed by atoms with Crippen LogP contribution in [0.2, 0.25) is 0 Å². The third-order valence-electron chi connectivity index (χ3n) is 3.74. The lowest BCUT2D eigenvalue weighted by atomic mass is 9.96. The van der Waals surface area contributed by atoms with Gasteiger partial charge in [-0.05, 0) is 26.2 Å². The Labute approximate surface area is 136 Å². The second-order valence-electron chi connectivity index (χ2n) is 5.64. The summed E-state index contributed by atoms with van der Waals surface area (Å²) < 4.78 is 86.3. The fourth-order valence-electron chi connectivity index (χ4n) is 2.38. The van der Waals surface area contributed by atoms with E-state index in [-0.39, 0.29) is 30.8 Å². The highest BCUT2D eigenvalue weighted by molar-refractivity contribution is 5.89. The standard InChI is InChI=1S/C15H20F6O3/c1-3-23-13(22)10-6-4-5-7-11(10)24-12(8-14(16,17)18)9(2)15(19,20)21/h9,12H,3-8H2,1-2H3. The van der Waals surface area contributed by atoms with Gasteiger partial charge < -0.3 is 9.47 Å². The minimum absolute atomic E-state index is 0.0321. The third kappa shape index (κ3) is 6.24. The molecule has 0 fully saturated rings. The van der Waals surface area contributed by atoms with Crippen LogP contribution in [0.5, 0.6) is 0 Å². The van der Waals surface area contributed by atoms with Gasteiger partial charge in [0.15, 0.2) is 0 Å². The van der Waals surface area contributed by atoms with E-state index in [0.29, 0.717) is 19.8 Å². The van der Waals surface area contributed by atoms with E-state index >= 15 is 0 Å². The molecule has 0 radical (unpaired) electrons. The average Bonchev–Trinajstić information content (AvgIpc) is 2.44. The molecule has 1 rings (SSSR count). The monoisotopic (exact) mass is 362 g/mol. The molecule has 0 heterocycles. The third-order valence-corrected chi connectivity index (χ3v) is 3.74. The van der Waals surface area contributed by atoms with Crippen LogP contribution < -0.4 is 0 Å². The number of halogens is 6. The van der Waals surface area contributed by atoms with Crippen LogP contribution in [-0.2, 0) is 14.3 Å². The number of carbonyl (C=O) groups is 1. The molecule has 0 aliphatic heterocycles. The second-order valence-corrected chi connectivity index (χ2v) is 5.64. The molecule has 24 heavy (non-hydrogen) atoms. The number of rotatable bonds is 6. The number of alkyl halides is 6. The van der Waals surface area contributed by atoms with Crippen molar-refractivity contribution in [1.82, 2.24) is 0 Å². The number of esters is 1. The molecule has 140 valence electrons. The normalized spacial score (nSPS) is 19.0. The van der Waals surface area contributed by atoms with Gasteiger partial charge in [0, 0.05) is 6.42 Å². The summed E-state index contributed by atoms with van der Waals surface area (Å²) in [6.45, 7) is 2.25. The average molecular weight is 362 g/mol. The lowest BCUT2D eigenvalue weighted by molar-refractivity contribution is -0.220. The largest absolute Gasteiger partial charge is 0.493 e. The smallest absolute Gasteiger partial charge is 0.395 e. The van der Waals surface area contributed by atoms with E-state index < -0.39 is 36.8 Å². The van der Waals surface area contributed by atoms with Crippen LogP contribution in [0.4, 0.5) is 26.3 Å². The molecular weight excluding hydrogens is 342 g/mol. The predicted octanol–water partition coefficient (Wildman–Crippen LogP) is 4.91. The maximum atomic E-state index is 12.9. The fraction of sp³-hybridized carbons (Fsp3) is 0.800. The van der Waals surface area contributed by atoms with Crippen molar-refractivity contribution in [3.63, 3.8) is 0 Å². The topological polar surface area (TPSA) is 35.5 Å². The van der Waals surface area contributed by atoms with Crippen molar-refractivity contribution in [2.24, 2.45) is 5.92 Å². The molecule has 0 N–H and O–H groups in total. The summed E-state index contributed by atoms with van der Waals surface area (Å²) in [5.74, 6) is -3.19. The van der Waals surface area contributed by atoms with E-state index in [1.54, 1.807) is 6.92 Å². The molecule has 0 aromatic heterocycles. The van der Waals surface area contributed by atoms with E-state index in [9.17, 15) is 31.1 Å². The van der Waals surface area contributed by atoms with Gasteiger partial charge in [0.2, 0.25) is 0 Å². The zero-order valence-electron chi connectivity index (χ0n) is 13.4. The van der Waals surface area contributed by atoms with Crippen molar-refractivity contribution in [1.29, 1.82) is 0 Å². The van der Waals surface area contributed by atoms with Gasteiger partial charge in [-0.25, -0.2) is 4.79 Å². The summed E-state index contributed by atoms with van der Waals surface area (Å²) in [4.78, 5) is 11.8. The molecule has 0 aromatic carbocycles. The van der Waals surface area contributed by atoms with Gasteiger partial charge in [-0.3, -0.25) is 0 Å². The zero-order valence-corrected chi connectivity index (χ0v) is 13.4. The van der Waals surface area contributed by atoms with Crippen LogP contribution in [0.3, 0.4) is 0 Å². The molecule has 2 unspecified atom stereocenters. The van der Waals surface area contributed by atoms with Gasteiger partial charge in [0.05, 0.1) is 24.5 Å². The first-order chi connectivity index (χ1) is 11.0. The van der Waals surface area contributed by atoms with Crippen LogP contribution >= 0.6 is 0 Å². The number of hydrogen-bond donors (Lipinski definition) is 0. The number of carbonyl (C=O) groups excluding carboxylic acids is 1. The summed E-state index contributed by atoms with van der Waals surface area (Å²) in [5.41, 5.74) is 0.0321. The van der Waals surface area contributed by atoms with Crippen molar-refractivity contribution in [3.8, 4) is 0 Å². The highest BCUT2D eigenvalue weighted by atomic mass is 19.4.